The predicted molar refractivity (Wildman–Crippen MR) is 80.0 cm³/mol. The van der Waals surface area contributed by atoms with Crippen LogP contribution in [0.2, 0.25) is 0 Å². The van der Waals surface area contributed by atoms with E-state index in [9.17, 15) is 4.79 Å². The topological polar surface area (TPSA) is 45.2 Å². The molecule has 4 heteroatoms. The summed E-state index contributed by atoms with van der Waals surface area (Å²) < 4.78 is 0. The number of para-hydroxylation sites is 1. The van der Waals surface area contributed by atoms with E-state index >= 15 is 0 Å². The molecule has 0 bridgehead atoms. The van der Waals surface area contributed by atoms with Crippen molar-refractivity contribution >= 4 is 22.9 Å². The molecular formula is C16H15N3O. The average molecular weight is 265 g/mol. The van der Waals surface area contributed by atoms with Crippen LogP contribution in [0.5, 0.6) is 0 Å². The zero-order chi connectivity index (χ0) is 14.1. The smallest absolute Gasteiger partial charge is 0.198 e. The Labute approximate surface area is 117 Å². The molecule has 0 spiro atoms. The van der Waals surface area contributed by atoms with E-state index in [4.69, 9.17) is 0 Å². The van der Waals surface area contributed by atoms with Crippen LogP contribution in [0.25, 0.3) is 5.57 Å². The van der Waals surface area contributed by atoms with E-state index < -0.39 is 0 Å². The van der Waals surface area contributed by atoms with Crippen LogP contribution in [0, 0.1) is 0 Å². The average Bonchev–Trinajstić information content (AvgIpc) is 2.55. The Hall–Kier alpha value is -2.62. The molecule has 0 aliphatic carbocycles. The largest absolute Gasteiger partial charge is 0.383 e. The monoisotopic (exact) mass is 265 g/mol. The van der Waals surface area contributed by atoms with Gasteiger partial charge >= 0.3 is 0 Å². The number of nitrogens with zero attached hydrogens (tertiary/aromatic N) is 2. The highest BCUT2D eigenvalue weighted by atomic mass is 16.1. The van der Waals surface area contributed by atoms with Crippen LogP contribution in [-0.4, -0.2) is 29.8 Å². The van der Waals surface area contributed by atoms with Crippen molar-refractivity contribution in [3.63, 3.8) is 0 Å². The lowest BCUT2D eigenvalue weighted by atomic mass is 9.98. The molecule has 100 valence electrons. The molecular weight excluding hydrogens is 250 g/mol. The molecule has 1 aromatic heterocycles. The highest BCUT2D eigenvalue weighted by Gasteiger charge is 2.24. The van der Waals surface area contributed by atoms with Gasteiger partial charge in [-0.3, -0.25) is 4.79 Å². The minimum absolute atomic E-state index is 0.0146. The number of Topliss-reactive ketones (excluding diaryl/α,β-unsaturated/α-hetero) is 1. The number of aromatic nitrogens is 1. The van der Waals surface area contributed by atoms with Gasteiger partial charge in [0.2, 0.25) is 0 Å². The van der Waals surface area contributed by atoms with Crippen LogP contribution in [-0.2, 0) is 0 Å². The summed E-state index contributed by atoms with van der Waals surface area (Å²) in [5, 5.41) is 3.25. The van der Waals surface area contributed by atoms with Crippen molar-refractivity contribution in [3.8, 4) is 0 Å². The van der Waals surface area contributed by atoms with E-state index in [0.29, 0.717) is 17.0 Å². The first-order valence-electron chi connectivity index (χ1n) is 6.41. The molecule has 1 N–H and O–H groups in total. The quantitative estimate of drug-likeness (QED) is 0.805. The summed E-state index contributed by atoms with van der Waals surface area (Å²) in [6.07, 6.45) is 3.54. The number of hydrogen-bond donors (Lipinski definition) is 1. The summed E-state index contributed by atoms with van der Waals surface area (Å²) in [7, 11) is 3.82. The number of rotatable bonds is 1. The van der Waals surface area contributed by atoms with E-state index in [1.54, 1.807) is 18.3 Å². The Morgan fingerprint density at radius 2 is 1.85 bits per heavy atom. The van der Waals surface area contributed by atoms with Gasteiger partial charge in [0.05, 0.1) is 5.56 Å². The van der Waals surface area contributed by atoms with Gasteiger partial charge in [0, 0.05) is 43.3 Å². The lowest BCUT2D eigenvalue weighted by molar-refractivity contribution is 0.105. The molecule has 2 heterocycles. The standard InChI is InChI=1S/C16H15N3O/c1-19(2)10-13-11-6-3-4-8-14(11)18-16-12(15(13)20)7-5-9-17-16/h3-10H,1-2H3,(H,17,18). The zero-order valence-corrected chi connectivity index (χ0v) is 11.4. The Kier molecular flexibility index (Phi) is 2.99. The molecule has 0 radical (unpaired) electrons. The highest BCUT2D eigenvalue weighted by Crippen LogP contribution is 2.34. The van der Waals surface area contributed by atoms with Crippen molar-refractivity contribution in [1.29, 1.82) is 0 Å². The fourth-order valence-corrected chi connectivity index (χ4v) is 2.30. The number of hydrogen-bond acceptors (Lipinski definition) is 4. The highest BCUT2D eigenvalue weighted by molar-refractivity contribution is 6.32. The number of anilines is 2. The lowest BCUT2D eigenvalue weighted by Crippen LogP contribution is -2.08. The maximum Gasteiger partial charge on any atom is 0.198 e. The first kappa shape index (κ1) is 12.4. The lowest BCUT2D eigenvalue weighted by Gasteiger charge is -2.11. The molecule has 0 saturated heterocycles. The van der Waals surface area contributed by atoms with Crippen LogP contribution in [0.4, 0.5) is 11.5 Å². The fourth-order valence-electron chi connectivity index (χ4n) is 2.30. The third-order valence-electron chi connectivity index (χ3n) is 3.15. The molecule has 1 aromatic carbocycles. The van der Waals surface area contributed by atoms with Crippen LogP contribution in [0.1, 0.15) is 15.9 Å². The summed E-state index contributed by atoms with van der Waals surface area (Å²) in [5.74, 6) is 0.589. The third-order valence-corrected chi connectivity index (χ3v) is 3.15. The van der Waals surface area contributed by atoms with Crippen LogP contribution < -0.4 is 5.32 Å². The molecule has 0 atom stereocenters. The van der Waals surface area contributed by atoms with Crippen molar-refractivity contribution in [3.05, 3.63) is 59.9 Å². The van der Waals surface area contributed by atoms with Gasteiger partial charge in [0.1, 0.15) is 5.82 Å². The number of pyridine rings is 1. The predicted octanol–water partition coefficient (Wildman–Crippen LogP) is 2.92. The second-order valence-electron chi connectivity index (χ2n) is 4.91. The molecule has 4 nitrogen and oxygen atoms in total. The molecule has 0 unspecified atom stereocenters. The SMILES string of the molecule is CN(C)C=C1C(=O)c2cccnc2Nc2ccccc21. The molecule has 2 aromatic rings. The Morgan fingerprint density at radius 3 is 2.65 bits per heavy atom. The maximum absolute atomic E-state index is 12.8. The van der Waals surface area contributed by atoms with Gasteiger partial charge in [-0.1, -0.05) is 18.2 Å². The first-order valence-corrected chi connectivity index (χ1v) is 6.41. The number of nitrogens with one attached hydrogen (secondary N) is 1. The Bertz CT molecular complexity index is 704. The number of fused-ring (bicyclic) bond motifs is 2. The van der Waals surface area contributed by atoms with Crippen molar-refractivity contribution in [1.82, 2.24) is 9.88 Å². The van der Waals surface area contributed by atoms with Gasteiger partial charge in [-0.2, -0.15) is 0 Å². The summed E-state index contributed by atoms with van der Waals surface area (Å²) in [4.78, 5) is 18.9. The normalized spacial score (nSPS) is 15.1. The second kappa shape index (κ2) is 4.81. The van der Waals surface area contributed by atoms with E-state index in [1.807, 2.05) is 49.5 Å². The first-order chi connectivity index (χ1) is 9.66. The summed E-state index contributed by atoms with van der Waals surface area (Å²) in [6, 6.07) is 11.4. The molecule has 0 fully saturated rings. The minimum Gasteiger partial charge on any atom is -0.383 e. The summed E-state index contributed by atoms with van der Waals surface area (Å²) in [6.45, 7) is 0. The van der Waals surface area contributed by atoms with Gasteiger partial charge in [0.25, 0.3) is 0 Å². The molecule has 0 saturated carbocycles. The van der Waals surface area contributed by atoms with Crippen LogP contribution >= 0.6 is 0 Å². The molecule has 20 heavy (non-hydrogen) atoms. The number of ketones is 1. The van der Waals surface area contributed by atoms with Gasteiger partial charge < -0.3 is 10.2 Å². The number of benzene rings is 1. The Balaban J connectivity index is 2.27. The van der Waals surface area contributed by atoms with E-state index in [2.05, 4.69) is 10.3 Å². The van der Waals surface area contributed by atoms with Crippen molar-refractivity contribution < 1.29 is 4.79 Å². The van der Waals surface area contributed by atoms with E-state index in [0.717, 1.165) is 11.3 Å². The van der Waals surface area contributed by atoms with Gasteiger partial charge in [0.15, 0.2) is 5.78 Å². The van der Waals surface area contributed by atoms with Crippen molar-refractivity contribution in [2.24, 2.45) is 0 Å². The van der Waals surface area contributed by atoms with E-state index in [-0.39, 0.29) is 5.78 Å². The van der Waals surface area contributed by atoms with Gasteiger partial charge in [-0.15, -0.1) is 0 Å². The molecule has 3 rings (SSSR count). The van der Waals surface area contributed by atoms with Crippen molar-refractivity contribution in [2.75, 3.05) is 19.4 Å². The zero-order valence-electron chi connectivity index (χ0n) is 11.4. The van der Waals surface area contributed by atoms with Gasteiger partial charge in [-0.05, 0) is 18.2 Å². The van der Waals surface area contributed by atoms with Gasteiger partial charge in [-0.25, -0.2) is 4.98 Å². The van der Waals surface area contributed by atoms with Crippen LogP contribution in [0.15, 0.2) is 48.8 Å². The second-order valence-corrected chi connectivity index (χ2v) is 4.91. The summed E-state index contributed by atoms with van der Waals surface area (Å²) >= 11 is 0. The number of carbonyl (C=O) groups is 1. The molecule has 1 aliphatic heterocycles. The van der Waals surface area contributed by atoms with E-state index in [1.165, 1.54) is 0 Å². The van der Waals surface area contributed by atoms with Crippen molar-refractivity contribution in [2.45, 2.75) is 0 Å². The maximum atomic E-state index is 12.8. The Morgan fingerprint density at radius 1 is 1.10 bits per heavy atom. The number of allylic oxidation sites excluding steroid dienone is 1. The van der Waals surface area contributed by atoms with Crippen LogP contribution in [0.3, 0.4) is 0 Å². The molecule has 0 amide bonds. The fraction of sp³-hybridized carbons (Fsp3) is 0.125. The third kappa shape index (κ3) is 2.05. The number of carbonyl (C=O) groups excluding carboxylic acids is 1. The minimum atomic E-state index is -0.0146. The molecule has 1 aliphatic rings. The summed E-state index contributed by atoms with van der Waals surface area (Å²) in [5.41, 5.74) is 3.05.